The molecule has 0 spiro atoms. The number of ether oxygens (including phenoxy) is 1. The summed E-state index contributed by atoms with van der Waals surface area (Å²) in [5.41, 5.74) is 1.52. The molecule has 0 aliphatic heterocycles. The monoisotopic (exact) mass is 367 g/mol. The van der Waals surface area contributed by atoms with Gasteiger partial charge in [0.05, 0.1) is 7.11 Å². The van der Waals surface area contributed by atoms with E-state index < -0.39 is 12.0 Å². The van der Waals surface area contributed by atoms with E-state index in [1.54, 1.807) is 43.4 Å². The molecule has 0 fully saturated rings. The molecule has 1 atom stereocenters. The van der Waals surface area contributed by atoms with Gasteiger partial charge >= 0.3 is 5.97 Å². The van der Waals surface area contributed by atoms with Crippen molar-refractivity contribution in [3.8, 4) is 0 Å². The summed E-state index contributed by atoms with van der Waals surface area (Å²) in [6.07, 6.45) is 0.513. The molecule has 5 heteroatoms. The molecule has 0 aliphatic rings. The molecular formula is C22H25NO4. The van der Waals surface area contributed by atoms with Crippen LogP contribution in [0, 0.1) is 5.92 Å². The van der Waals surface area contributed by atoms with Crippen LogP contribution in [0.5, 0.6) is 0 Å². The van der Waals surface area contributed by atoms with Crippen molar-refractivity contribution in [2.75, 3.05) is 14.2 Å². The van der Waals surface area contributed by atoms with Crippen molar-refractivity contribution in [2.24, 2.45) is 5.92 Å². The second kappa shape index (κ2) is 9.12. The molecule has 0 bridgehead atoms. The minimum absolute atomic E-state index is 0.102. The molecule has 2 rings (SSSR count). The molecular weight excluding hydrogens is 342 g/mol. The molecule has 0 aliphatic carbocycles. The van der Waals surface area contributed by atoms with Crippen LogP contribution in [0.4, 0.5) is 0 Å². The van der Waals surface area contributed by atoms with Crippen LogP contribution in [0.25, 0.3) is 0 Å². The molecule has 0 saturated carbocycles. The first kappa shape index (κ1) is 20.4. The Morgan fingerprint density at radius 2 is 1.41 bits per heavy atom. The highest BCUT2D eigenvalue weighted by Gasteiger charge is 2.29. The average Bonchev–Trinajstić information content (AvgIpc) is 2.70. The first-order valence-corrected chi connectivity index (χ1v) is 8.90. The summed E-state index contributed by atoms with van der Waals surface area (Å²) in [6.45, 7) is 3.97. The van der Waals surface area contributed by atoms with E-state index >= 15 is 0 Å². The van der Waals surface area contributed by atoms with E-state index in [2.05, 4.69) is 0 Å². The summed E-state index contributed by atoms with van der Waals surface area (Å²) in [5, 5.41) is 0. The van der Waals surface area contributed by atoms with Crippen molar-refractivity contribution in [1.82, 2.24) is 4.90 Å². The smallest absolute Gasteiger partial charge is 0.328 e. The van der Waals surface area contributed by atoms with Crippen LogP contribution in [-0.2, 0) is 9.53 Å². The van der Waals surface area contributed by atoms with E-state index in [1.807, 2.05) is 32.0 Å². The predicted octanol–water partition coefficient (Wildman–Crippen LogP) is 3.58. The number of carbonyl (C=O) groups is 3. The molecule has 0 N–H and O–H groups in total. The summed E-state index contributed by atoms with van der Waals surface area (Å²) in [4.78, 5) is 38.7. The quantitative estimate of drug-likeness (QED) is 0.554. The van der Waals surface area contributed by atoms with E-state index in [4.69, 9.17) is 4.74 Å². The van der Waals surface area contributed by atoms with E-state index in [1.165, 1.54) is 12.0 Å². The fourth-order valence-corrected chi connectivity index (χ4v) is 2.86. The molecule has 0 radical (unpaired) electrons. The van der Waals surface area contributed by atoms with Crippen LogP contribution in [-0.4, -0.2) is 42.8 Å². The number of hydrogen-bond acceptors (Lipinski definition) is 4. The SMILES string of the molecule is COC(=O)[C@@H](CC(C)C)N(C)C(=O)c1ccc(C(=O)c2ccccc2)cc1. The van der Waals surface area contributed by atoms with Gasteiger partial charge in [-0.25, -0.2) is 4.79 Å². The Labute approximate surface area is 159 Å². The average molecular weight is 367 g/mol. The van der Waals surface area contributed by atoms with Gasteiger partial charge in [0.15, 0.2) is 5.78 Å². The van der Waals surface area contributed by atoms with E-state index in [-0.39, 0.29) is 17.6 Å². The zero-order valence-corrected chi connectivity index (χ0v) is 16.1. The van der Waals surface area contributed by atoms with Gasteiger partial charge in [-0.15, -0.1) is 0 Å². The molecule has 27 heavy (non-hydrogen) atoms. The highest BCUT2D eigenvalue weighted by Crippen LogP contribution is 2.17. The second-order valence-electron chi connectivity index (χ2n) is 6.86. The van der Waals surface area contributed by atoms with Crippen LogP contribution in [0.2, 0.25) is 0 Å². The number of benzene rings is 2. The normalized spacial score (nSPS) is 11.7. The predicted molar refractivity (Wildman–Crippen MR) is 104 cm³/mol. The van der Waals surface area contributed by atoms with Crippen LogP contribution in [0.15, 0.2) is 54.6 Å². The standard InChI is InChI=1S/C22H25NO4/c1-15(2)14-19(22(26)27-4)23(3)21(25)18-12-10-17(11-13-18)20(24)16-8-6-5-7-9-16/h5-13,15,19H,14H2,1-4H3/t19-/m1/s1. The summed E-state index contributed by atoms with van der Waals surface area (Å²) in [6, 6.07) is 14.8. The van der Waals surface area contributed by atoms with Gasteiger partial charge in [-0.05, 0) is 24.5 Å². The first-order chi connectivity index (χ1) is 12.8. The number of esters is 1. The number of carbonyl (C=O) groups excluding carboxylic acids is 3. The van der Waals surface area contributed by atoms with Gasteiger partial charge in [0.1, 0.15) is 6.04 Å². The lowest BCUT2D eigenvalue weighted by Gasteiger charge is -2.27. The number of hydrogen-bond donors (Lipinski definition) is 0. The number of nitrogens with zero attached hydrogens (tertiary/aromatic N) is 1. The molecule has 0 aromatic heterocycles. The Bertz CT molecular complexity index is 797. The van der Waals surface area contributed by atoms with Crippen LogP contribution < -0.4 is 0 Å². The lowest BCUT2D eigenvalue weighted by atomic mass is 10.00. The van der Waals surface area contributed by atoms with E-state index in [0.717, 1.165) is 0 Å². The number of amides is 1. The molecule has 0 saturated heterocycles. The van der Waals surface area contributed by atoms with Gasteiger partial charge < -0.3 is 9.64 Å². The topological polar surface area (TPSA) is 63.7 Å². The minimum atomic E-state index is -0.645. The molecule has 0 heterocycles. The van der Waals surface area contributed by atoms with Crippen molar-refractivity contribution in [3.63, 3.8) is 0 Å². The second-order valence-corrected chi connectivity index (χ2v) is 6.86. The third kappa shape index (κ3) is 5.03. The van der Waals surface area contributed by atoms with Crippen LogP contribution in [0.1, 0.15) is 46.5 Å². The van der Waals surface area contributed by atoms with Gasteiger partial charge in [0.2, 0.25) is 0 Å². The van der Waals surface area contributed by atoms with Crippen LogP contribution in [0.3, 0.4) is 0 Å². The Morgan fingerprint density at radius 3 is 1.93 bits per heavy atom. The lowest BCUT2D eigenvalue weighted by Crippen LogP contribution is -2.43. The maximum atomic E-state index is 12.8. The maximum absolute atomic E-state index is 12.8. The van der Waals surface area contributed by atoms with Crippen molar-refractivity contribution in [1.29, 1.82) is 0 Å². The van der Waals surface area contributed by atoms with Gasteiger partial charge in [-0.3, -0.25) is 9.59 Å². The molecule has 5 nitrogen and oxygen atoms in total. The molecule has 0 unspecified atom stereocenters. The number of methoxy groups -OCH3 is 1. The maximum Gasteiger partial charge on any atom is 0.328 e. The number of likely N-dealkylation sites (N-methyl/N-ethyl adjacent to an activating group) is 1. The van der Waals surface area contributed by atoms with Gasteiger partial charge in [0.25, 0.3) is 5.91 Å². The Morgan fingerprint density at radius 1 is 0.889 bits per heavy atom. The van der Waals surface area contributed by atoms with Crippen molar-refractivity contribution in [2.45, 2.75) is 26.3 Å². The van der Waals surface area contributed by atoms with E-state index in [0.29, 0.717) is 23.1 Å². The molecule has 2 aromatic carbocycles. The number of ketones is 1. The van der Waals surface area contributed by atoms with Crippen molar-refractivity contribution in [3.05, 3.63) is 71.3 Å². The third-order valence-electron chi connectivity index (χ3n) is 4.39. The Kier molecular flexibility index (Phi) is 6.88. The van der Waals surface area contributed by atoms with Crippen LogP contribution >= 0.6 is 0 Å². The van der Waals surface area contributed by atoms with Crippen molar-refractivity contribution >= 4 is 17.7 Å². The highest BCUT2D eigenvalue weighted by atomic mass is 16.5. The molecule has 1 amide bonds. The molecule has 142 valence electrons. The zero-order chi connectivity index (χ0) is 20.0. The van der Waals surface area contributed by atoms with Gasteiger partial charge in [-0.2, -0.15) is 0 Å². The van der Waals surface area contributed by atoms with Gasteiger partial charge in [0, 0.05) is 23.7 Å². The van der Waals surface area contributed by atoms with E-state index in [9.17, 15) is 14.4 Å². The van der Waals surface area contributed by atoms with Gasteiger partial charge in [-0.1, -0.05) is 56.3 Å². The molecule has 2 aromatic rings. The third-order valence-corrected chi connectivity index (χ3v) is 4.39. The highest BCUT2D eigenvalue weighted by molar-refractivity contribution is 6.09. The summed E-state index contributed by atoms with van der Waals surface area (Å²) in [7, 11) is 2.91. The number of rotatable bonds is 7. The lowest BCUT2D eigenvalue weighted by molar-refractivity contribution is -0.146. The summed E-state index contributed by atoms with van der Waals surface area (Å²) in [5.74, 6) is -0.592. The summed E-state index contributed by atoms with van der Waals surface area (Å²) >= 11 is 0. The fraction of sp³-hybridized carbons (Fsp3) is 0.318. The minimum Gasteiger partial charge on any atom is -0.467 e. The fourth-order valence-electron chi connectivity index (χ4n) is 2.86. The first-order valence-electron chi connectivity index (χ1n) is 8.90. The van der Waals surface area contributed by atoms with Crippen molar-refractivity contribution < 1.29 is 19.1 Å². The zero-order valence-electron chi connectivity index (χ0n) is 16.1. The Balaban J connectivity index is 2.18. The Hall–Kier alpha value is -2.95. The summed E-state index contributed by atoms with van der Waals surface area (Å²) < 4.78 is 4.84. The largest absolute Gasteiger partial charge is 0.467 e.